The molecule has 0 aromatic heterocycles. The van der Waals surface area contributed by atoms with Crippen LogP contribution in [0.5, 0.6) is 0 Å². The minimum atomic E-state index is -1.87. The molecule has 1 heterocycles. The fraction of sp³-hybridized carbons (Fsp3) is 0.857. The molecule has 0 saturated heterocycles. The van der Waals surface area contributed by atoms with E-state index in [0.717, 1.165) is 11.8 Å². The summed E-state index contributed by atoms with van der Waals surface area (Å²) in [4.78, 5) is 3.91. The molecule has 0 saturated carbocycles. The summed E-state index contributed by atoms with van der Waals surface area (Å²) in [7, 11) is -1.72. The molecule has 0 radical (unpaired) electrons. The van der Waals surface area contributed by atoms with Gasteiger partial charge in [-0.2, -0.15) is 0 Å². The van der Waals surface area contributed by atoms with E-state index in [-0.39, 0.29) is 11.7 Å². The Kier molecular flexibility index (Phi) is 4.86. The summed E-state index contributed by atoms with van der Waals surface area (Å²) in [5, 5.41) is 41.9. The molecular weight excluding hydrogens is 256 g/mol. The van der Waals surface area contributed by atoms with Crippen LogP contribution in [0.15, 0.2) is 4.99 Å². The number of hydrogen-bond acceptors (Lipinski definition) is 7. The van der Waals surface area contributed by atoms with Gasteiger partial charge in [-0.15, -0.1) is 0 Å². The van der Waals surface area contributed by atoms with Crippen LogP contribution in [-0.2, 0) is 11.0 Å². The fourth-order valence-electron chi connectivity index (χ4n) is 1.17. The molecule has 1 rings (SSSR count). The molecular formula is C7H14N2O5S2. The second kappa shape index (κ2) is 5.54. The summed E-state index contributed by atoms with van der Waals surface area (Å²) < 4.78 is 10.5. The van der Waals surface area contributed by atoms with Gasteiger partial charge in [0, 0.05) is 0 Å². The van der Waals surface area contributed by atoms with E-state index in [9.17, 15) is 9.32 Å². The molecule has 0 aromatic rings. The van der Waals surface area contributed by atoms with Crippen LogP contribution >= 0.6 is 11.8 Å². The first-order valence-corrected chi connectivity index (χ1v) is 6.59. The highest BCUT2D eigenvalue weighted by Gasteiger charge is 2.42. The van der Waals surface area contributed by atoms with E-state index < -0.39 is 40.4 Å². The number of aliphatic hydroxyl groups is 4. The summed E-state index contributed by atoms with van der Waals surface area (Å²) >= 11 is 0.902. The molecule has 0 aliphatic carbocycles. The Balaban J connectivity index is 2.89. The van der Waals surface area contributed by atoms with E-state index in [4.69, 9.17) is 20.5 Å². The Labute approximate surface area is 99.0 Å². The van der Waals surface area contributed by atoms with Crippen LogP contribution in [0.4, 0.5) is 0 Å². The zero-order valence-corrected chi connectivity index (χ0v) is 9.95. The van der Waals surface area contributed by atoms with Crippen molar-refractivity contribution in [3.8, 4) is 0 Å². The van der Waals surface area contributed by atoms with Gasteiger partial charge in [-0.1, -0.05) is 11.8 Å². The van der Waals surface area contributed by atoms with E-state index in [0.29, 0.717) is 0 Å². The first-order valence-electron chi connectivity index (χ1n) is 4.43. The summed E-state index contributed by atoms with van der Waals surface area (Å²) in [6.07, 6.45) is 0. The molecule has 0 fully saturated rings. The maximum Gasteiger partial charge on any atom is 0.158 e. The number of rotatable bonds is 5. The van der Waals surface area contributed by atoms with E-state index >= 15 is 0 Å². The van der Waals surface area contributed by atoms with Gasteiger partial charge in [0.05, 0.1) is 25.9 Å². The molecule has 1 aliphatic rings. The predicted molar refractivity (Wildman–Crippen MR) is 61.1 cm³/mol. The highest BCUT2D eigenvalue weighted by atomic mass is 32.2. The van der Waals surface area contributed by atoms with E-state index in [1.54, 1.807) is 0 Å². The zero-order valence-electron chi connectivity index (χ0n) is 8.31. The topological polar surface area (TPSA) is 136 Å². The van der Waals surface area contributed by atoms with Gasteiger partial charge < -0.3 is 20.4 Å². The zero-order chi connectivity index (χ0) is 12.3. The van der Waals surface area contributed by atoms with E-state index in [1.807, 2.05) is 0 Å². The molecule has 1 aliphatic heterocycles. The first kappa shape index (κ1) is 14.0. The smallest absolute Gasteiger partial charge is 0.158 e. The summed E-state index contributed by atoms with van der Waals surface area (Å²) in [6.45, 7) is -1.79. The summed E-state index contributed by atoms with van der Waals surface area (Å²) in [5.41, 5.74) is -1.87. The van der Waals surface area contributed by atoms with Crippen LogP contribution in [0.2, 0.25) is 0 Å². The van der Waals surface area contributed by atoms with Gasteiger partial charge in [0.1, 0.15) is 20.6 Å². The molecule has 0 aromatic carbocycles. The highest BCUT2D eigenvalue weighted by Crippen LogP contribution is 2.33. The van der Waals surface area contributed by atoms with Crippen molar-refractivity contribution in [3.63, 3.8) is 0 Å². The van der Waals surface area contributed by atoms with Crippen molar-refractivity contribution in [2.75, 3.05) is 19.8 Å². The van der Waals surface area contributed by atoms with Crippen LogP contribution in [0.3, 0.4) is 0 Å². The third-order valence-corrected chi connectivity index (χ3v) is 5.05. The molecule has 0 spiro atoms. The first-order chi connectivity index (χ1) is 7.48. The Morgan fingerprint density at radius 3 is 2.31 bits per heavy atom. The molecule has 0 amide bonds. The van der Waals surface area contributed by atoms with Gasteiger partial charge in [-0.25, -0.2) is 4.21 Å². The Hall–Kier alpha value is -0.0300. The summed E-state index contributed by atoms with van der Waals surface area (Å²) in [6, 6.07) is -0.699. The number of aliphatic hydroxyl groups excluding tert-OH is 3. The minimum Gasteiger partial charge on any atom is -0.394 e. The highest BCUT2D eigenvalue weighted by molar-refractivity contribution is 8.21. The van der Waals surface area contributed by atoms with Crippen molar-refractivity contribution in [2.45, 2.75) is 16.2 Å². The Bertz CT molecular complexity index is 307. The van der Waals surface area contributed by atoms with Gasteiger partial charge in [0.15, 0.2) is 5.60 Å². The fourth-order valence-corrected chi connectivity index (χ4v) is 3.35. The Morgan fingerprint density at radius 1 is 1.44 bits per heavy atom. The van der Waals surface area contributed by atoms with Gasteiger partial charge >= 0.3 is 0 Å². The Morgan fingerprint density at radius 2 is 2.00 bits per heavy atom. The lowest BCUT2D eigenvalue weighted by Crippen LogP contribution is -2.44. The normalized spacial score (nSPS) is 27.9. The molecule has 6 N–H and O–H groups in total. The van der Waals surface area contributed by atoms with Gasteiger partial charge in [-0.3, -0.25) is 10.1 Å². The standard InChI is InChI=1S/C7H14N2O5S2/c8-16(14)5-4(1-10)9-6(15-5)7(13,2-11)3-12/h4-5,10-13H,1-3,8H2. The van der Waals surface area contributed by atoms with Crippen molar-refractivity contribution >= 4 is 27.8 Å². The average molecular weight is 270 g/mol. The molecule has 16 heavy (non-hydrogen) atoms. The minimum absolute atomic E-state index is 0.0420. The number of thioether (sulfide) groups is 1. The SMILES string of the molecule is NS(=O)C1SC(C(O)(CO)CO)=NC1CO. The molecule has 0 bridgehead atoms. The maximum atomic E-state index is 11.1. The number of nitrogens with two attached hydrogens (primary N) is 1. The van der Waals surface area contributed by atoms with Crippen molar-refractivity contribution in [1.29, 1.82) is 0 Å². The van der Waals surface area contributed by atoms with Gasteiger partial charge in [0.25, 0.3) is 0 Å². The van der Waals surface area contributed by atoms with E-state index in [2.05, 4.69) is 4.99 Å². The molecule has 7 nitrogen and oxygen atoms in total. The second-order valence-corrected chi connectivity index (χ2v) is 5.94. The van der Waals surface area contributed by atoms with Gasteiger partial charge in [-0.05, 0) is 0 Å². The van der Waals surface area contributed by atoms with Crippen molar-refractivity contribution in [3.05, 3.63) is 0 Å². The average Bonchev–Trinajstić information content (AvgIpc) is 2.72. The van der Waals surface area contributed by atoms with Crippen molar-refractivity contribution < 1.29 is 24.6 Å². The molecule has 94 valence electrons. The quantitative estimate of drug-likeness (QED) is 0.365. The summed E-state index contributed by atoms with van der Waals surface area (Å²) in [5.74, 6) is 0. The van der Waals surface area contributed by atoms with Crippen LogP contribution in [0.1, 0.15) is 0 Å². The van der Waals surface area contributed by atoms with Crippen molar-refractivity contribution in [2.24, 2.45) is 10.1 Å². The van der Waals surface area contributed by atoms with Crippen LogP contribution in [0.25, 0.3) is 0 Å². The maximum absolute atomic E-state index is 11.1. The second-order valence-electron chi connectivity index (χ2n) is 3.35. The number of aliphatic imine (C=N–C) groups is 1. The van der Waals surface area contributed by atoms with Crippen LogP contribution in [0, 0.1) is 0 Å². The van der Waals surface area contributed by atoms with Gasteiger partial charge in [0.2, 0.25) is 0 Å². The predicted octanol–water partition coefficient (Wildman–Crippen LogP) is -2.84. The lowest BCUT2D eigenvalue weighted by molar-refractivity contribution is 0.000876. The molecule has 3 unspecified atom stereocenters. The number of nitrogens with zero attached hydrogens (tertiary/aromatic N) is 1. The lowest BCUT2D eigenvalue weighted by atomic mass is 10.1. The third kappa shape index (κ3) is 2.62. The monoisotopic (exact) mass is 270 g/mol. The number of hydrogen-bond donors (Lipinski definition) is 5. The third-order valence-electron chi connectivity index (χ3n) is 2.16. The largest absolute Gasteiger partial charge is 0.394 e. The van der Waals surface area contributed by atoms with Crippen LogP contribution < -0.4 is 5.14 Å². The lowest BCUT2D eigenvalue weighted by Gasteiger charge is -2.22. The van der Waals surface area contributed by atoms with Crippen molar-refractivity contribution in [1.82, 2.24) is 0 Å². The van der Waals surface area contributed by atoms with Crippen LogP contribution in [-0.4, -0.2) is 65.7 Å². The van der Waals surface area contributed by atoms with E-state index in [1.165, 1.54) is 0 Å². The molecule has 9 heteroatoms. The molecule has 3 atom stereocenters.